The summed E-state index contributed by atoms with van der Waals surface area (Å²) in [5, 5.41) is 27.8. The summed E-state index contributed by atoms with van der Waals surface area (Å²) in [6, 6.07) is 0. The molecular weight excluding hydrogens is 1340 g/mol. The van der Waals surface area contributed by atoms with Crippen molar-refractivity contribution in [3.8, 4) is 0 Å². The van der Waals surface area contributed by atoms with E-state index in [1.54, 1.807) is 6.08 Å². The lowest BCUT2D eigenvalue weighted by Crippen LogP contribution is -2.67. The zero-order valence-corrected chi connectivity index (χ0v) is 43.4. The maximum Gasteiger partial charge on any atom is 0.428 e. The third-order valence-corrected chi connectivity index (χ3v) is 15.7. The van der Waals surface area contributed by atoms with Crippen LogP contribution in [0, 0.1) is 41.4 Å². The zero-order chi connectivity index (χ0) is 69.0. The topological polar surface area (TPSA) is 149 Å². The van der Waals surface area contributed by atoms with Gasteiger partial charge in [0, 0.05) is 30.8 Å². The van der Waals surface area contributed by atoms with E-state index in [-0.39, 0.29) is 17.2 Å². The average molecular weight is 1380 g/mol. The first kappa shape index (κ1) is 79.2. The van der Waals surface area contributed by atoms with Crippen LogP contribution in [0.3, 0.4) is 0 Å². The van der Waals surface area contributed by atoms with Crippen LogP contribution in [0.25, 0.3) is 0 Å². The quantitative estimate of drug-likeness (QED) is 0.0383. The predicted octanol–water partition coefficient (Wildman–Crippen LogP) is 14.2. The molecule has 3 saturated carbocycles. The number of hydrogen-bond acceptors (Lipinski definition) is 10. The van der Waals surface area contributed by atoms with E-state index in [1.807, 2.05) is 6.08 Å². The van der Waals surface area contributed by atoms with Crippen LogP contribution in [0.5, 0.6) is 0 Å². The summed E-state index contributed by atoms with van der Waals surface area (Å²) in [5.74, 6) is -16.6. The van der Waals surface area contributed by atoms with E-state index in [2.05, 4.69) is 31.6 Å². The Morgan fingerprint density at radius 3 is 1.14 bits per heavy atom. The summed E-state index contributed by atoms with van der Waals surface area (Å²) in [6.45, 7) is 3.60. The molecule has 2 bridgehead atoms. The molecule has 3 N–H and O–H groups in total. The molecule has 0 spiro atoms. The van der Waals surface area contributed by atoms with Crippen molar-refractivity contribution in [2.75, 3.05) is 13.9 Å². The highest BCUT2D eigenvalue weighted by Gasteiger charge is 2.81. The minimum Gasteiger partial charge on any atom is -0.459 e. The molecule has 0 aliphatic heterocycles. The molecule has 5 unspecified atom stereocenters. The van der Waals surface area contributed by atoms with Gasteiger partial charge in [-0.1, -0.05) is 25.3 Å². The maximum absolute atomic E-state index is 13.5. The second-order valence-corrected chi connectivity index (χ2v) is 21.5. The third kappa shape index (κ3) is 15.9. The molecule has 0 aromatic carbocycles. The molecule has 512 valence electrons. The van der Waals surface area contributed by atoms with Gasteiger partial charge in [-0.25, -0.2) is 8.98 Å². The highest BCUT2D eigenvalue weighted by molar-refractivity contribution is 7.89. The maximum atomic E-state index is 13.5. The van der Waals surface area contributed by atoms with E-state index in [0.29, 0.717) is 12.8 Å². The fourth-order valence-electron chi connectivity index (χ4n) is 10.4. The second-order valence-electron chi connectivity index (χ2n) is 20.0. The zero-order valence-electron chi connectivity index (χ0n) is 42.6. The molecular formula is C43H43F33O10S. The first-order valence-electron chi connectivity index (χ1n) is 23.4. The van der Waals surface area contributed by atoms with Crippen LogP contribution in [0.4, 0.5) is 145 Å². The monoisotopic (exact) mass is 1380 g/mol. The van der Waals surface area contributed by atoms with Gasteiger partial charge in [-0.3, -0.25) is 0 Å². The Bertz CT molecular complexity index is 2370. The number of hydrogen-bond donors (Lipinski definition) is 3. The smallest absolute Gasteiger partial charge is 0.428 e. The summed E-state index contributed by atoms with van der Waals surface area (Å²) in [5.41, 5.74) is -29.4. The summed E-state index contributed by atoms with van der Waals surface area (Å²) in [4.78, 5) is 11.5. The molecule has 10 nitrogen and oxygen atoms in total. The Balaban J connectivity index is 0.000000458. The number of ether oxygens (including phenoxy) is 3. The van der Waals surface area contributed by atoms with E-state index in [0.717, 1.165) is 7.11 Å². The number of esters is 1. The van der Waals surface area contributed by atoms with Crippen LogP contribution < -0.4 is 0 Å². The van der Waals surface area contributed by atoms with Crippen LogP contribution in [-0.4, -0.2) is 146 Å². The normalized spacial score (nSPS) is 24.8. The van der Waals surface area contributed by atoms with Crippen LogP contribution in [-0.2, 0) is 33.3 Å². The summed E-state index contributed by atoms with van der Waals surface area (Å²) in [7, 11) is -4.68. The number of carbonyl (C=O) groups excluding carboxylic acids is 1. The number of rotatable bonds is 14. The van der Waals surface area contributed by atoms with Gasteiger partial charge in [-0.15, -0.1) is 0 Å². The fourth-order valence-corrected chi connectivity index (χ4v) is 11.2. The van der Waals surface area contributed by atoms with E-state index >= 15 is 0 Å². The van der Waals surface area contributed by atoms with Gasteiger partial charge >= 0.3 is 73.9 Å². The molecule has 0 amide bonds. The Labute approximate surface area is 465 Å². The number of carbonyl (C=O) groups is 1. The molecule has 3 fully saturated rings. The SMILES string of the molecule is C=C(C(=O)OC1CC(C(O)(C(F)(F)F)C(F)(F)F)CC(C(O)(C(F)(F)F)C(F)(F)F)C1)C(F)(F)F.C=CS(=O)(=O)OC(C1CCC(C(O)(C(F)(F)F)C(F)(F)F)CC1)(C(F)(F)F)C(F)(F)F.COCOC(CC1CC2C=CC1C2)(C(F)(F)F)C(F)(F)F. The van der Waals surface area contributed by atoms with Gasteiger partial charge in [0.25, 0.3) is 38.1 Å². The first-order chi connectivity index (χ1) is 38.2. The third-order valence-electron chi connectivity index (χ3n) is 14.8. The number of halogens is 33. The van der Waals surface area contributed by atoms with Crippen LogP contribution in [0.15, 0.2) is 36.3 Å². The molecule has 0 aromatic rings. The van der Waals surface area contributed by atoms with E-state index < -0.39 is 211 Å². The van der Waals surface area contributed by atoms with Crippen molar-refractivity contribution < 1.29 is 192 Å². The Morgan fingerprint density at radius 1 is 0.506 bits per heavy atom. The molecule has 0 saturated heterocycles. The fraction of sp³-hybridized carbons (Fsp3) is 0.837. The lowest BCUT2D eigenvalue weighted by molar-refractivity contribution is -0.405. The van der Waals surface area contributed by atoms with Crippen molar-refractivity contribution in [2.24, 2.45) is 41.4 Å². The number of aliphatic hydroxyl groups is 3. The largest absolute Gasteiger partial charge is 0.459 e. The van der Waals surface area contributed by atoms with E-state index in [4.69, 9.17) is 0 Å². The predicted molar refractivity (Wildman–Crippen MR) is 219 cm³/mol. The second kappa shape index (κ2) is 25.3. The van der Waals surface area contributed by atoms with Crippen LogP contribution >= 0.6 is 0 Å². The van der Waals surface area contributed by atoms with E-state index in [1.165, 1.54) is 0 Å². The van der Waals surface area contributed by atoms with Crippen molar-refractivity contribution in [3.05, 3.63) is 36.3 Å². The number of methoxy groups -OCH3 is 1. The van der Waals surface area contributed by atoms with Crippen LogP contribution in [0.2, 0.25) is 0 Å². The molecule has 4 aliphatic rings. The molecule has 87 heavy (non-hydrogen) atoms. The number of fused-ring (bicyclic) bond motifs is 2. The van der Waals surface area contributed by atoms with Gasteiger partial charge in [0.2, 0.25) is 0 Å². The van der Waals surface area contributed by atoms with Gasteiger partial charge in [0.1, 0.15) is 18.5 Å². The lowest BCUT2D eigenvalue weighted by Gasteiger charge is -2.48. The van der Waals surface area contributed by atoms with Gasteiger partial charge in [-0.2, -0.15) is 153 Å². The molecule has 0 aromatic heterocycles. The van der Waals surface area contributed by atoms with Crippen molar-refractivity contribution in [2.45, 2.75) is 166 Å². The summed E-state index contributed by atoms with van der Waals surface area (Å²) in [6.07, 6.45) is -81.8. The van der Waals surface area contributed by atoms with Crippen molar-refractivity contribution in [1.82, 2.24) is 0 Å². The molecule has 4 rings (SSSR count). The Morgan fingerprint density at radius 2 is 0.862 bits per heavy atom. The average Bonchev–Trinajstić information content (AvgIpc) is 1.11. The molecule has 4 aliphatic carbocycles. The lowest BCUT2D eigenvalue weighted by atomic mass is 9.65. The van der Waals surface area contributed by atoms with Crippen molar-refractivity contribution >= 4 is 16.1 Å². The van der Waals surface area contributed by atoms with Crippen molar-refractivity contribution in [3.63, 3.8) is 0 Å². The Kier molecular flexibility index (Phi) is 23.0. The minimum absolute atomic E-state index is 0.0848. The standard InChI is InChI=1S/C16H13F15O4.C14H14F12O4S.C13H16F6O2/c1-5(12(17,18)19)9(32)35-8-3-6(10(33,13(20,21)22)14(23,24)25)2-7(4-8)11(34,15(26,27)28)16(29,30)31;1-2-31(28,29)30-10(13(21,22)23,14(24,25)26)8-5-3-7(4-6-8)9(27,11(15,16)17)12(18,19)20;1-20-7-21-11(12(14,15)16,13(17,18)19)6-10-5-8-2-3-9(10)4-8/h6-8,33-34H,1-4H2;2,7-8,27H,1,3-6H2;2-3,8-10H,4-7H2,1H3. The van der Waals surface area contributed by atoms with Gasteiger partial charge < -0.3 is 29.5 Å². The minimum atomic E-state index is -6.78. The van der Waals surface area contributed by atoms with E-state index in [9.17, 15) is 173 Å². The number of allylic oxidation sites excluding steroid dienone is 2. The molecule has 5 atom stereocenters. The van der Waals surface area contributed by atoms with Gasteiger partial charge in [0.05, 0.1) is 5.41 Å². The first-order valence-corrected chi connectivity index (χ1v) is 24.9. The number of alkyl halides is 33. The summed E-state index contributed by atoms with van der Waals surface area (Å²) >= 11 is 0. The molecule has 0 heterocycles. The molecule has 44 heteroatoms. The highest BCUT2D eigenvalue weighted by atomic mass is 32.2. The van der Waals surface area contributed by atoms with Crippen LogP contribution in [0.1, 0.15) is 64.2 Å². The van der Waals surface area contributed by atoms with Gasteiger partial charge in [-0.05, 0) is 82.0 Å². The highest BCUT2D eigenvalue weighted by Crippen LogP contribution is 2.61. The Hall–Kier alpha value is -3.91. The van der Waals surface area contributed by atoms with Crippen molar-refractivity contribution in [1.29, 1.82) is 0 Å². The molecule has 0 radical (unpaired) electrons. The van der Waals surface area contributed by atoms with Gasteiger partial charge in [0.15, 0.2) is 0 Å². The summed E-state index contributed by atoms with van der Waals surface area (Å²) < 4.78 is 472.